The van der Waals surface area contributed by atoms with Crippen molar-refractivity contribution >= 4 is 34.2 Å². The maximum atomic E-state index is 10.4. The lowest BCUT2D eigenvalue weighted by atomic mass is 10.2. The fraction of sp³-hybridized carbons (Fsp3) is 0.700. The van der Waals surface area contributed by atoms with Crippen molar-refractivity contribution in [2.75, 3.05) is 31.7 Å². The highest BCUT2D eigenvalue weighted by molar-refractivity contribution is 8.01. The molecule has 1 unspecified atom stereocenters. The van der Waals surface area contributed by atoms with Gasteiger partial charge in [0.1, 0.15) is 0 Å². The summed E-state index contributed by atoms with van der Waals surface area (Å²) in [6.07, 6.45) is 1.02. The van der Waals surface area contributed by atoms with E-state index in [1.54, 1.807) is 0 Å². The summed E-state index contributed by atoms with van der Waals surface area (Å²) in [5.74, 6) is -0.825. The lowest BCUT2D eigenvalue weighted by molar-refractivity contribution is -0.133. The Morgan fingerprint density at radius 2 is 2.28 bits per heavy atom. The molecule has 0 saturated heterocycles. The maximum Gasteiger partial charge on any atom is 0.313 e. The highest BCUT2D eigenvalue weighted by Gasteiger charge is 2.09. The highest BCUT2D eigenvalue weighted by atomic mass is 32.2. The number of nitrogens with zero attached hydrogens (tertiary/aromatic N) is 3. The molecule has 1 rings (SSSR count). The first-order valence-electron chi connectivity index (χ1n) is 5.56. The molecule has 8 heteroatoms. The van der Waals surface area contributed by atoms with Gasteiger partial charge in [-0.25, -0.2) is 0 Å². The molecule has 0 radical (unpaired) electrons. The molecule has 2 N–H and O–H groups in total. The van der Waals surface area contributed by atoms with Gasteiger partial charge in [-0.1, -0.05) is 23.1 Å². The van der Waals surface area contributed by atoms with Crippen molar-refractivity contribution in [1.82, 2.24) is 15.1 Å². The summed E-state index contributed by atoms with van der Waals surface area (Å²) in [5, 5.41) is 20.5. The fourth-order valence-corrected chi connectivity index (χ4v) is 2.77. The van der Waals surface area contributed by atoms with Gasteiger partial charge in [-0.05, 0) is 34.0 Å². The molecule has 6 nitrogen and oxygen atoms in total. The molecular weight excluding hydrogens is 272 g/mol. The zero-order valence-corrected chi connectivity index (χ0v) is 12.3. The predicted octanol–water partition coefficient (Wildman–Crippen LogP) is 1.47. The van der Waals surface area contributed by atoms with Crippen molar-refractivity contribution < 1.29 is 9.90 Å². The summed E-state index contributed by atoms with van der Waals surface area (Å²) >= 11 is 2.58. The van der Waals surface area contributed by atoms with Crippen LogP contribution in [0.5, 0.6) is 0 Å². The standard InChI is InChI=1S/C10H18N4O2S2/c1-7(4-5-14(2)3)11-9-12-13-10(18-9)17-6-8(15)16/h7H,4-6H2,1-3H3,(H,11,12)(H,15,16). The summed E-state index contributed by atoms with van der Waals surface area (Å²) in [4.78, 5) is 12.6. The van der Waals surface area contributed by atoms with E-state index >= 15 is 0 Å². The number of aliphatic carboxylic acids is 1. The average molecular weight is 290 g/mol. The number of aromatic nitrogens is 2. The Morgan fingerprint density at radius 3 is 2.89 bits per heavy atom. The second kappa shape index (κ2) is 7.55. The lowest BCUT2D eigenvalue weighted by Crippen LogP contribution is -2.22. The fourth-order valence-electron chi connectivity index (χ4n) is 1.18. The number of carbonyl (C=O) groups is 1. The maximum absolute atomic E-state index is 10.4. The Bertz CT molecular complexity index is 384. The Balaban J connectivity index is 2.36. The quantitative estimate of drug-likeness (QED) is 0.702. The molecule has 0 aromatic carbocycles. The minimum absolute atomic E-state index is 0.0187. The van der Waals surface area contributed by atoms with E-state index in [0.29, 0.717) is 10.4 Å². The summed E-state index contributed by atoms with van der Waals surface area (Å²) in [6.45, 7) is 3.10. The van der Waals surface area contributed by atoms with Gasteiger partial charge in [0, 0.05) is 6.04 Å². The van der Waals surface area contributed by atoms with Crippen LogP contribution < -0.4 is 5.32 Å². The van der Waals surface area contributed by atoms with Crippen LogP contribution in [0.1, 0.15) is 13.3 Å². The molecule has 0 aliphatic rings. The molecule has 1 atom stereocenters. The molecule has 1 aromatic heterocycles. The zero-order chi connectivity index (χ0) is 13.5. The van der Waals surface area contributed by atoms with Crippen molar-refractivity contribution in [2.24, 2.45) is 0 Å². The second-order valence-corrected chi connectivity index (χ2v) is 6.39. The number of hydrogen-bond acceptors (Lipinski definition) is 7. The molecule has 1 aromatic rings. The van der Waals surface area contributed by atoms with E-state index in [4.69, 9.17) is 5.11 Å². The van der Waals surface area contributed by atoms with Crippen LogP contribution in [0.3, 0.4) is 0 Å². The van der Waals surface area contributed by atoms with Crippen LogP contribution in [0.15, 0.2) is 4.34 Å². The monoisotopic (exact) mass is 290 g/mol. The van der Waals surface area contributed by atoms with E-state index in [0.717, 1.165) is 18.1 Å². The first-order chi connectivity index (χ1) is 8.47. The van der Waals surface area contributed by atoms with Crippen molar-refractivity contribution in [2.45, 2.75) is 23.7 Å². The first kappa shape index (κ1) is 15.2. The minimum Gasteiger partial charge on any atom is -0.481 e. The Kier molecular flexibility index (Phi) is 6.37. The topological polar surface area (TPSA) is 78.3 Å². The van der Waals surface area contributed by atoms with Crippen LogP contribution in [0.4, 0.5) is 5.13 Å². The van der Waals surface area contributed by atoms with Crippen LogP contribution in [0.25, 0.3) is 0 Å². The second-order valence-electron chi connectivity index (χ2n) is 4.19. The van der Waals surface area contributed by atoms with Crippen molar-refractivity contribution in [3.63, 3.8) is 0 Å². The third kappa shape index (κ3) is 6.18. The Hall–Kier alpha value is -0.860. The van der Waals surface area contributed by atoms with Gasteiger partial charge in [-0.3, -0.25) is 4.79 Å². The van der Waals surface area contributed by atoms with E-state index in [2.05, 4.69) is 27.3 Å². The summed E-state index contributed by atoms with van der Waals surface area (Å²) in [7, 11) is 4.08. The van der Waals surface area contributed by atoms with E-state index in [1.807, 2.05) is 14.1 Å². The van der Waals surface area contributed by atoms with E-state index in [1.165, 1.54) is 23.1 Å². The number of hydrogen-bond donors (Lipinski definition) is 2. The minimum atomic E-state index is -0.843. The van der Waals surface area contributed by atoms with Gasteiger partial charge in [0.15, 0.2) is 4.34 Å². The van der Waals surface area contributed by atoms with E-state index in [9.17, 15) is 4.79 Å². The van der Waals surface area contributed by atoms with Crippen LogP contribution in [-0.2, 0) is 4.79 Å². The van der Waals surface area contributed by atoms with Gasteiger partial charge in [-0.2, -0.15) is 0 Å². The number of carboxylic acid groups (broad SMARTS) is 1. The van der Waals surface area contributed by atoms with Gasteiger partial charge >= 0.3 is 5.97 Å². The SMILES string of the molecule is CC(CCN(C)C)Nc1nnc(SCC(=O)O)s1. The molecule has 0 fully saturated rings. The van der Waals surface area contributed by atoms with E-state index < -0.39 is 5.97 Å². The highest BCUT2D eigenvalue weighted by Crippen LogP contribution is 2.25. The lowest BCUT2D eigenvalue weighted by Gasteiger charge is -2.15. The third-order valence-electron chi connectivity index (χ3n) is 2.10. The van der Waals surface area contributed by atoms with Crippen LogP contribution >= 0.6 is 23.1 Å². The molecule has 102 valence electrons. The predicted molar refractivity (Wildman–Crippen MR) is 74.5 cm³/mol. The van der Waals surface area contributed by atoms with Gasteiger partial charge in [0.2, 0.25) is 5.13 Å². The van der Waals surface area contributed by atoms with Gasteiger partial charge in [0.05, 0.1) is 5.75 Å². The number of anilines is 1. The van der Waals surface area contributed by atoms with Gasteiger partial charge < -0.3 is 15.3 Å². The molecule has 0 amide bonds. The smallest absolute Gasteiger partial charge is 0.313 e. The van der Waals surface area contributed by atoms with Crippen molar-refractivity contribution in [1.29, 1.82) is 0 Å². The molecule has 18 heavy (non-hydrogen) atoms. The van der Waals surface area contributed by atoms with Gasteiger partial charge in [0.25, 0.3) is 0 Å². The van der Waals surface area contributed by atoms with Crippen LogP contribution in [-0.4, -0.2) is 58.6 Å². The molecule has 0 saturated carbocycles. The number of rotatable bonds is 8. The first-order valence-corrected chi connectivity index (χ1v) is 7.37. The zero-order valence-electron chi connectivity index (χ0n) is 10.7. The average Bonchev–Trinajstić information content (AvgIpc) is 2.71. The van der Waals surface area contributed by atoms with Crippen LogP contribution in [0.2, 0.25) is 0 Å². The normalized spacial score (nSPS) is 12.7. The van der Waals surface area contributed by atoms with Crippen LogP contribution in [0, 0.1) is 0 Å². The number of thioether (sulfide) groups is 1. The molecule has 1 heterocycles. The summed E-state index contributed by atoms with van der Waals surface area (Å²) < 4.78 is 0.680. The van der Waals surface area contributed by atoms with Gasteiger partial charge in [-0.15, -0.1) is 10.2 Å². The molecular formula is C10H18N4O2S2. The Morgan fingerprint density at radius 1 is 1.56 bits per heavy atom. The van der Waals surface area contributed by atoms with Crippen molar-refractivity contribution in [3.8, 4) is 0 Å². The van der Waals surface area contributed by atoms with E-state index in [-0.39, 0.29) is 5.75 Å². The van der Waals surface area contributed by atoms with Crippen molar-refractivity contribution in [3.05, 3.63) is 0 Å². The molecule has 0 aliphatic carbocycles. The third-order valence-corrected chi connectivity index (χ3v) is 4.08. The molecule has 0 spiro atoms. The number of carboxylic acids is 1. The molecule has 0 aliphatic heterocycles. The molecule has 0 bridgehead atoms. The summed E-state index contributed by atoms with van der Waals surface area (Å²) in [6, 6.07) is 0.317. The Labute approximate surface area is 115 Å². The summed E-state index contributed by atoms with van der Waals surface area (Å²) in [5.41, 5.74) is 0. The number of nitrogens with one attached hydrogen (secondary N) is 1. The largest absolute Gasteiger partial charge is 0.481 e.